The van der Waals surface area contributed by atoms with Crippen LogP contribution in [-0.2, 0) is 0 Å². The molecule has 0 fully saturated rings. The fraction of sp³-hybridized carbons (Fsp3) is 0. The lowest BCUT2D eigenvalue weighted by Crippen LogP contribution is -2.11. The van der Waals surface area contributed by atoms with Crippen LogP contribution in [0.15, 0.2) is 217 Å². The van der Waals surface area contributed by atoms with Gasteiger partial charge in [0.2, 0.25) is 0 Å². The van der Waals surface area contributed by atoms with Crippen molar-refractivity contribution in [1.29, 1.82) is 0 Å². The van der Waals surface area contributed by atoms with Crippen LogP contribution in [0.1, 0.15) is 0 Å². The maximum Gasteiger partial charge on any atom is 0.136 e. The summed E-state index contributed by atoms with van der Waals surface area (Å²) in [6, 6.07) is 75.9. The highest BCUT2D eigenvalue weighted by atomic mass is 16.3. The van der Waals surface area contributed by atoms with Gasteiger partial charge in [0.15, 0.2) is 0 Å². The fourth-order valence-electron chi connectivity index (χ4n) is 8.00. The Bertz CT molecular complexity index is 2930. The summed E-state index contributed by atoms with van der Waals surface area (Å²) in [6.07, 6.45) is 0. The molecule has 0 atom stereocenters. The zero-order valence-electron chi connectivity index (χ0n) is 29.6. The van der Waals surface area contributed by atoms with Gasteiger partial charge in [0, 0.05) is 27.7 Å². The summed E-state index contributed by atoms with van der Waals surface area (Å²) >= 11 is 0. The highest BCUT2D eigenvalue weighted by Crippen LogP contribution is 2.46. The third kappa shape index (κ3) is 5.53. The van der Waals surface area contributed by atoms with E-state index in [1.807, 2.05) is 12.1 Å². The van der Waals surface area contributed by atoms with Gasteiger partial charge in [0.05, 0.1) is 5.69 Å². The zero-order chi connectivity index (χ0) is 35.8. The molecule has 0 N–H and O–H groups in total. The van der Waals surface area contributed by atoms with Crippen LogP contribution in [0.2, 0.25) is 0 Å². The Balaban J connectivity index is 1.17. The minimum absolute atomic E-state index is 0.884. The number of hydrogen-bond acceptors (Lipinski definition) is 2. The molecule has 0 amide bonds. The van der Waals surface area contributed by atoms with Gasteiger partial charge in [0.25, 0.3) is 0 Å². The minimum atomic E-state index is 0.884. The van der Waals surface area contributed by atoms with E-state index >= 15 is 0 Å². The quantitative estimate of drug-likeness (QED) is 0.166. The lowest BCUT2D eigenvalue weighted by Gasteiger charge is -2.29. The number of nitrogens with zero attached hydrogens (tertiary/aromatic N) is 1. The maximum absolute atomic E-state index is 6.36. The van der Waals surface area contributed by atoms with E-state index in [9.17, 15) is 0 Å². The van der Waals surface area contributed by atoms with Crippen molar-refractivity contribution in [2.75, 3.05) is 4.90 Å². The Kier molecular flexibility index (Phi) is 7.85. The van der Waals surface area contributed by atoms with Crippen molar-refractivity contribution < 1.29 is 4.42 Å². The minimum Gasteiger partial charge on any atom is -0.456 e. The van der Waals surface area contributed by atoms with Crippen LogP contribution < -0.4 is 4.90 Å². The molecule has 10 aromatic rings. The van der Waals surface area contributed by atoms with Crippen molar-refractivity contribution in [1.82, 2.24) is 0 Å². The number of para-hydroxylation sites is 2. The lowest BCUT2D eigenvalue weighted by molar-refractivity contribution is 0.669. The molecule has 0 aliphatic rings. The SMILES string of the molecule is c1ccc(-c2ccc(N(c3cccc(-c4ccccc4-c4cccc5ccccc45)c3)c3ccccc3-c3cccc4oc5ccccc5c34)cc2)cc1. The molecule has 1 aromatic heterocycles. The number of anilines is 3. The van der Waals surface area contributed by atoms with Gasteiger partial charge in [-0.2, -0.15) is 0 Å². The molecule has 0 unspecified atom stereocenters. The largest absolute Gasteiger partial charge is 0.456 e. The molecular formula is C52H35NO. The Labute approximate surface area is 314 Å². The smallest absolute Gasteiger partial charge is 0.136 e. The molecule has 0 aliphatic heterocycles. The second kappa shape index (κ2) is 13.4. The second-order valence-electron chi connectivity index (χ2n) is 13.7. The molecule has 0 radical (unpaired) electrons. The molecule has 2 nitrogen and oxygen atoms in total. The standard InChI is InChI=1S/C52H35NO/c1-2-15-36(16-3-1)37-31-33-40(34-32-37)53(49-28-10-8-24-46(49)47-27-14-30-51-52(47)48-25-9-11-29-50(48)54-51)41-20-12-19-39(35-41)43-22-6-7-23-44(43)45-26-13-18-38-17-4-5-21-42(38)45/h1-35H. The highest BCUT2D eigenvalue weighted by molar-refractivity contribution is 6.14. The average Bonchev–Trinajstić information content (AvgIpc) is 3.64. The molecule has 54 heavy (non-hydrogen) atoms. The first kappa shape index (κ1) is 31.6. The highest BCUT2D eigenvalue weighted by Gasteiger charge is 2.21. The number of benzene rings is 9. The molecule has 0 bridgehead atoms. The van der Waals surface area contributed by atoms with Gasteiger partial charge in [-0.05, 0) is 92.2 Å². The summed E-state index contributed by atoms with van der Waals surface area (Å²) in [5, 5.41) is 4.72. The van der Waals surface area contributed by atoms with Crippen LogP contribution in [0.3, 0.4) is 0 Å². The van der Waals surface area contributed by atoms with Crippen molar-refractivity contribution in [3.8, 4) is 44.5 Å². The molecule has 9 aromatic carbocycles. The topological polar surface area (TPSA) is 16.4 Å². The van der Waals surface area contributed by atoms with Crippen molar-refractivity contribution in [3.63, 3.8) is 0 Å². The molecule has 0 aliphatic carbocycles. The zero-order valence-corrected chi connectivity index (χ0v) is 29.6. The monoisotopic (exact) mass is 689 g/mol. The van der Waals surface area contributed by atoms with Crippen LogP contribution in [0.4, 0.5) is 17.1 Å². The maximum atomic E-state index is 6.36. The normalized spacial score (nSPS) is 11.3. The van der Waals surface area contributed by atoms with E-state index in [2.05, 4.69) is 205 Å². The first-order valence-electron chi connectivity index (χ1n) is 18.4. The summed E-state index contributed by atoms with van der Waals surface area (Å²) in [6.45, 7) is 0. The van der Waals surface area contributed by atoms with Crippen molar-refractivity contribution >= 4 is 49.8 Å². The Hall–Kier alpha value is -7.16. The summed E-state index contributed by atoms with van der Waals surface area (Å²) in [7, 11) is 0. The van der Waals surface area contributed by atoms with Crippen LogP contribution in [0.5, 0.6) is 0 Å². The fourth-order valence-corrected chi connectivity index (χ4v) is 8.00. The van der Waals surface area contributed by atoms with Crippen molar-refractivity contribution in [3.05, 3.63) is 212 Å². The molecule has 0 saturated heterocycles. The van der Waals surface area contributed by atoms with Gasteiger partial charge < -0.3 is 9.32 Å². The molecule has 0 saturated carbocycles. The van der Waals surface area contributed by atoms with E-state index < -0.39 is 0 Å². The van der Waals surface area contributed by atoms with E-state index in [4.69, 9.17) is 4.42 Å². The molecule has 1 heterocycles. The van der Waals surface area contributed by atoms with Gasteiger partial charge in [-0.25, -0.2) is 0 Å². The van der Waals surface area contributed by atoms with Gasteiger partial charge in [-0.15, -0.1) is 0 Å². The Morgan fingerprint density at radius 2 is 0.889 bits per heavy atom. The average molecular weight is 690 g/mol. The summed E-state index contributed by atoms with van der Waals surface area (Å²) in [4.78, 5) is 2.40. The summed E-state index contributed by atoms with van der Waals surface area (Å²) < 4.78 is 6.36. The molecule has 0 spiro atoms. The van der Waals surface area contributed by atoms with Gasteiger partial charge in [0.1, 0.15) is 11.2 Å². The first-order chi connectivity index (χ1) is 26.8. The number of furan rings is 1. The van der Waals surface area contributed by atoms with Gasteiger partial charge >= 0.3 is 0 Å². The summed E-state index contributed by atoms with van der Waals surface area (Å²) in [5.74, 6) is 0. The van der Waals surface area contributed by atoms with E-state index in [0.717, 1.165) is 55.7 Å². The van der Waals surface area contributed by atoms with Crippen LogP contribution in [-0.4, -0.2) is 0 Å². The third-order valence-electron chi connectivity index (χ3n) is 10.5. The van der Waals surface area contributed by atoms with E-state index in [-0.39, 0.29) is 0 Å². The lowest BCUT2D eigenvalue weighted by atomic mass is 9.91. The first-order valence-corrected chi connectivity index (χ1v) is 18.4. The Morgan fingerprint density at radius 3 is 1.76 bits per heavy atom. The third-order valence-corrected chi connectivity index (χ3v) is 10.5. The predicted octanol–water partition coefficient (Wildman–Crippen LogP) is 14.9. The van der Waals surface area contributed by atoms with E-state index in [1.165, 1.54) is 38.6 Å². The second-order valence-corrected chi connectivity index (χ2v) is 13.7. The number of rotatable bonds is 7. The van der Waals surface area contributed by atoms with Crippen molar-refractivity contribution in [2.45, 2.75) is 0 Å². The molecule has 2 heteroatoms. The van der Waals surface area contributed by atoms with E-state index in [1.54, 1.807) is 0 Å². The van der Waals surface area contributed by atoms with Crippen LogP contribution in [0.25, 0.3) is 77.2 Å². The molecular weight excluding hydrogens is 655 g/mol. The van der Waals surface area contributed by atoms with E-state index in [0.29, 0.717) is 0 Å². The summed E-state index contributed by atoms with van der Waals surface area (Å²) in [5.41, 5.74) is 14.4. The number of fused-ring (bicyclic) bond motifs is 4. The van der Waals surface area contributed by atoms with Crippen molar-refractivity contribution in [2.24, 2.45) is 0 Å². The number of hydrogen-bond donors (Lipinski definition) is 0. The van der Waals surface area contributed by atoms with Crippen LogP contribution in [0, 0.1) is 0 Å². The Morgan fingerprint density at radius 1 is 0.315 bits per heavy atom. The van der Waals surface area contributed by atoms with Gasteiger partial charge in [-0.3, -0.25) is 0 Å². The predicted molar refractivity (Wildman–Crippen MR) is 228 cm³/mol. The molecule has 10 rings (SSSR count). The van der Waals surface area contributed by atoms with Gasteiger partial charge in [-0.1, -0.05) is 170 Å². The van der Waals surface area contributed by atoms with Crippen LogP contribution >= 0.6 is 0 Å². The molecule has 254 valence electrons.